The van der Waals surface area contributed by atoms with Crippen LogP contribution in [0.15, 0.2) is 0 Å². The molecule has 1 fully saturated rings. The molecule has 0 saturated carbocycles. The van der Waals surface area contributed by atoms with E-state index in [2.05, 4.69) is 13.8 Å². The van der Waals surface area contributed by atoms with E-state index in [4.69, 9.17) is 18.9 Å². The zero-order valence-corrected chi connectivity index (χ0v) is 26.3. The van der Waals surface area contributed by atoms with Gasteiger partial charge in [-0.3, -0.25) is 24.2 Å². The summed E-state index contributed by atoms with van der Waals surface area (Å²) < 4.78 is 21.2. The normalized spacial score (nSPS) is 16.2. The fourth-order valence-corrected chi connectivity index (χ4v) is 4.75. The smallest absolute Gasteiger partial charge is 0.410 e. The number of hydrogen-bond donors (Lipinski definition) is 1. The van der Waals surface area contributed by atoms with Crippen molar-refractivity contribution in [1.82, 2.24) is 9.80 Å². The zero-order valence-electron chi connectivity index (χ0n) is 26.3. The number of esters is 3. The van der Waals surface area contributed by atoms with Crippen LogP contribution in [0.3, 0.4) is 0 Å². The summed E-state index contributed by atoms with van der Waals surface area (Å²) in [5.41, 5.74) is 0. The number of aliphatic hydroxyl groups is 1. The summed E-state index contributed by atoms with van der Waals surface area (Å²) in [5.74, 6) is -1.68. The molecule has 0 bridgehead atoms. The fraction of sp³-hybridized carbons (Fsp3) is 0.871. The second-order valence-corrected chi connectivity index (χ2v) is 11.1. The Morgan fingerprint density at radius 3 is 1.57 bits per heavy atom. The van der Waals surface area contributed by atoms with E-state index in [9.17, 15) is 24.3 Å². The Balaban J connectivity index is 2.56. The SMILES string of the molecule is CCCCCCCCOC(=O)CN(CC(=O)OCCCCCCCC)CC(=O)OCC1CC(CO)N1C(=O)OCCC. The topological polar surface area (TPSA) is 132 Å². The lowest BCUT2D eigenvalue weighted by Gasteiger charge is -2.46. The highest BCUT2D eigenvalue weighted by Gasteiger charge is 2.43. The maximum absolute atomic E-state index is 12.7. The lowest BCUT2D eigenvalue weighted by Crippen LogP contribution is -2.62. The van der Waals surface area contributed by atoms with Crippen LogP contribution in [0.4, 0.5) is 4.79 Å². The summed E-state index contributed by atoms with van der Waals surface area (Å²) in [4.78, 5) is 52.7. The van der Waals surface area contributed by atoms with E-state index < -0.39 is 30.0 Å². The highest BCUT2D eigenvalue weighted by Crippen LogP contribution is 2.27. The molecule has 0 aliphatic carbocycles. The van der Waals surface area contributed by atoms with Crippen molar-refractivity contribution in [3.8, 4) is 0 Å². The third kappa shape index (κ3) is 16.9. The second kappa shape index (κ2) is 24.1. The predicted octanol–water partition coefficient (Wildman–Crippen LogP) is 4.62. The zero-order chi connectivity index (χ0) is 31.0. The Morgan fingerprint density at radius 2 is 1.10 bits per heavy atom. The van der Waals surface area contributed by atoms with Gasteiger partial charge in [0.25, 0.3) is 0 Å². The van der Waals surface area contributed by atoms with Gasteiger partial charge in [-0.25, -0.2) is 4.79 Å². The molecule has 0 aromatic carbocycles. The fourth-order valence-electron chi connectivity index (χ4n) is 4.75. The molecule has 1 aliphatic rings. The first-order chi connectivity index (χ1) is 20.4. The molecule has 42 heavy (non-hydrogen) atoms. The van der Waals surface area contributed by atoms with Crippen LogP contribution >= 0.6 is 0 Å². The highest BCUT2D eigenvalue weighted by molar-refractivity contribution is 5.78. The molecule has 0 radical (unpaired) electrons. The number of likely N-dealkylation sites (tertiary alicyclic amines) is 1. The van der Waals surface area contributed by atoms with Gasteiger partial charge in [0, 0.05) is 0 Å². The number of nitrogens with zero attached hydrogens (tertiary/aromatic N) is 2. The van der Waals surface area contributed by atoms with E-state index in [1.165, 1.54) is 48.3 Å². The molecule has 0 aromatic heterocycles. The first kappa shape index (κ1) is 37.6. The van der Waals surface area contributed by atoms with E-state index >= 15 is 0 Å². The Kier molecular flexibility index (Phi) is 21.6. The van der Waals surface area contributed by atoms with Crippen LogP contribution < -0.4 is 0 Å². The molecule has 0 aromatic rings. The average Bonchev–Trinajstić information content (AvgIpc) is 2.94. The summed E-state index contributed by atoms with van der Waals surface area (Å²) in [7, 11) is 0. The molecule has 1 heterocycles. The van der Waals surface area contributed by atoms with Crippen LogP contribution in [0.2, 0.25) is 0 Å². The van der Waals surface area contributed by atoms with Crippen molar-refractivity contribution in [2.45, 2.75) is 123 Å². The maximum atomic E-state index is 12.7. The second-order valence-electron chi connectivity index (χ2n) is 11.1. The summed E-state index contributed by atoms with van der Waals surface area (Å²) in [6, 6.07) is -0.786. The van der Waals surface area contributed by atoms with Gasteiger partial charge in [-0.2, -0.15) is 0 Å². The van der Waals surface area contributed by atoms with Crippen LogP contribution in [-0.2, 0) is 33.3 Å². The molecule has 0 spiro atoms. The molecule has 2 unspecified atom stereocenters. The molecule has 244 valence electrons. The van der Waals surface area contributed by atoms with Crippen molar-refractivity contribution in [1.29, 1.82) is 0 Å². The summed E-state index contributed by atoms with van der Waals surface area (Å²) >= 11 is 0. The van der Waals surface area contributed by atoms with Crippen molar-refractivity contribution in [2.75, 3.05) is 52.7 Å². The summed E-state index contributed by atoms with van der Waals surface area (Å²) in [5, 5.41) is 9.51. The van der Waals surface area contributed by atoms with E-state index in [-0.39, 0.29) is 45.5 Å². The molecular formula is C31H56N2O9. The summed E-state index contributed by atoms with van der Waals surface area (Å²) in [6.45, 7) is 5.97. The van der Waals surface area contributed by atoms with E-state index in [1.54, 1.807) is 0 Å². The number of rotatable bonds is 25. The molecular weight excluding hydrogens is 544 g/mol. The minimum absolute atomic E-state index is 0.0741. The van der Waals surface area contributed by atoms with Crippen molar-refractivity contribution in [3.63, 3.8) is 0 Å². The van der Waals surface area contributed by atoms with Crippen molar-refractivity contribution < 1.29 is 43.2 Å². The molecule has 1 aliphatic heterocycles. The Morgan fingerprint density at radius 1 is 0.619 bits per heavy atom. The van der Waals surface area contributed by atoms with Gasteiger partial charge in [0.15, 0.2) is 0 Å². The molecule has 11 heteroatoms. The number of carbonyl (C=O) groups excluding carboxylic acids is 4. The monoisotopic (exact) mass is 600 g/mol. The first-order valence-electron chi connectivity index (χ1n) is 16.1. The van der Waals surface area contributed by atoms with Crippen molar-refractivity contribution in [2.24, 2.45) is 0 Å². The third-order valence-corrected chi connectivity index (χ3v) is 7.20. The molecule has 1 N–H and O–H groups in total. The van der Waals surface area contributed by atoms with Crippen LogP contribution in [-0.4, -0.2) is 104 Å². The lowest BCUT2D eigenvalue weighted by atomic mass is 9.95. The Hall–Kier alpha value is -2.40. The van der Waals surface area contributed by atoms with Gasteiger partial charge in [-0.1, -0.05) is 85.0 Å². The van der Waals surface area contributed by atoms with Crippen LogP contribution in [0.25, 0.3) is 0 Å². The van der Waals surface area contributed by atoms with E-state index in [0.717, 1.165) is 38.5 Å². The Labute approximate surface area is 252 Å². The van der Waals surface area contributed by atoms with E-state index in [0.29, 0.717) is 26.1 Å². The molecule has 11 nitrogen and oxygen atoms in total. The van der Waals surface area contributed by atoms with Crippen LogP contribution in [0.5, 0.6) is 0 Å². The van der Waals surface area contributed by atoms with Crippen LogP contribution in [0.1, 0.15) is 111 Å². The number of hydrogen-bond acceptors (Lipinski definition) is 10. The molecule has 1 saturated heterocycles. The van der Waals surface area contributed by atoms with Crippen LogP contribution in [0, 0.1) is 0 Å². The number of ether oxygens (including phenoxy) is 4. The van der Waals surface area contributed by atoms with Gasteiger partial charge in [0.1, 0.15) is 6.61 Å². The number of aliphatic hydroxyl groups excluding tert-OH is 1. The van der Waals surface area contributed by atoms with Gasteiger partial charge in [0.2, 0.25) is 0 Å². The molecule has 2 atom stereocenters. The van der Waals surface area contributed by atoms with Gasteiger partial charge in [0.05, 0.1) is 58.1 Å². The minimum Gasteiger partial charge on any atom is -0.465 e. The largest absolute Gasteiger partial charge is 0.465 e. The highest BCUT2D eigenvalue weighted by atomic mass is 16.6. The number of carbonyl (C=O) groups is 4. The van der Waals surface area contributed by atoms with Crippen molar-refractivity contribution in [3.05, 3.63) is 0 Å². The van der Waals surface area contributed by atoms with Crippen molar-refractivity contribution >= 4 is 24.0 Å². The third-order valence-electron chi connectivity index (χ3n) is 7.20. The van der Waals surface area contributed by atoms with Gasteiger partial charge < -0.3 is 24.1 Å². The standard InChI is InChI=1S/C31H56N2O9/c1-4-7-9-11-13-15-18-39-28(35)21-32(22-29(36)40-19-16-14-12-10-8-5-2)23-30(37)42-25-27-20-26(24-34)33(27)31(38)41-17-6-3/h26-27,34H,4-25H2,1-3H3. The van der Waals surface area contributed by atoms with Gasteiger partial charge in [-0.05, 0) is 25.7 Å². The Bertz CT molecular complexity index is 733. The lowest BCUT2D eigenvalue weighted by molar-refractivity contribution is -0.154. The molecule has 1 amide bonds. The average molecular weight is 601 g/mol. The first-order valence-corrected chi connectivity index (χ1v) is 16.1. The number of unbranched alkanes of at least 4 members (excludes halogenated alkanes) is 10. The van der Waals surface area contributed by atoms with Gasteiger partial charge in [-0.15, -0.1) is 0 Å². The van der Waals surface area contributed by atoms with E-state index in [1.807, 2.05) is 6.92 Å². The minimum atomic E-state index is -0.642. The number of amides is 1. The molecule has 1 rings (SSSR count). The maximum Gasteiger partial charge on any atom is 0.410 e. The quantitative estimate of drug-likeness (QED) is 0.0899. The van der Waals surface area contributed by atoms with Gasteiger partial charge >= 0.3 is 24.0 Å². The predicted molar refractivity (Wildman–Crippen MR) is 159 cm³/mol. The summed E-state index contributed by atoms with van der Waals surface area (Å²) in [6.07, 6.45) is 13.4.